The Balaban J connectivity index is 1.88. The maximum absolute atomic E-state index is 11.9. The molecule has 24 heavy (non-hydrogen) atoms. The van der Waals surface area contributed by atoms with Gasteiger partial charge in [0.25, 0.3) is 5.91 Å². The third-order valence-corrected chi connectivity index (χ3v) is 3.98. The Hall–Kier alpha value is -2.24. The second-order valence-electron chi connectivity index (χ2n) is 5.09. The number of esters is 1. The highest BCUT2D eigenvalue weighted by molar-refractivity contribution is 6.42. The number of ether oxygens (including phenoxy) is 1. The lowest BCUT2D eigenvalue weighted by molar-refractivity contribution is -0.124. The number of aromatic hydroxyl groups is 1. The van der Waals surface area contributed by atoms with Crippen molar-refractivity contribution in [1.82, 2.24) is 5.32 Å². The first-order chi connectivity index (χ1) is 11.4. The number of halogens is 2. The summed E-state index contributed by atoms with van der Waals surface area (Å²) in [6.07, 6.45) is 0. The molecule has 0 aromatic heterocycles. The van der Waals surface area contributed by atoms with Gasteiger partial charge in [-0.1, -0.05) is 35.3 Å². The number of carbonyl (C=O) groups is 2. The predicted molar refractivity (Wildman–Crippen MR) is 91.4 cm³/mol. The average molecular weight is 368 g/mol. The number of rotatable bonds is 5. The van der Waals surface area contributed by atoms with Crippen LogP contribution in [0.3, 0.4) is 0 Å². The second kappa shape index (κ2) is 8.04. The van der Waals surface area contributed by atoms with E-state index in [0.29, 0.717) is 10.0 Å². The highest BCUT2D eigenvalue weighted by Gasteiger charge is 2.14. The molecule has 2 aromatic carbocycles. The molecule has 0 aliphatic carbocycles. The average Bonchev–Trinajstić information content (AvgIpc) is 2.55. The molecule has 0 radical (unpaired) electrons. The molecule has 0 saturated heterocycles. The molecule has 0 aliphatic heterocycles. The van der Waals surface area contributed by atoms with E-state index in [1.54, 1.807) is 25.1 Å². The number of phenolic OH excluding ortho intramolecular Hbond substituents is 1. The van der Waals surface area contributed by atoms with Gasteiger partial charge in [-0.15, -0.1) is 0 Å². The van der Waals surface area contributed by atoms with Gasteiger partial charge in [0, 0.05) is 0 Å². The molecule has 0 aliphatic rings. The fraction of sp³-hybridized carbons (Fsp3) is 0.176. The Morgan fingerprint density at radius 1 is 1.17 bits per heavy atom. The molecule has 126 valence electrons. The van der Waals surface area contributed by atoms with Crippen molar-refractivity contribution in [1.29, 1.82) is 0 Å². The topological polar surface area (TPSA) is 75.6 Å². The second-order valence-corrected chi connectivity index (χ2v) is 5.90. The van der Waals surface area contributed by atoms with Gasteiger partial charge in [0.2, 0.25) is 0 Å². The van der Waals surface area contributed by atoms with Gasteiger partial charge < -0.3 is 15.2 Å². The summed E-state index contributed by atoms with van der Waals surface area (Å²) in [6.45, 7) is 1.34. The summed E-state index contributed by atoms with van der Waals surface area (Å²) in [4.78, 5) is 23.7. The first kappa shape index (κ1) is 18.1. The van der Waals surface area contributed by atoms with Crippen molar-refractivity contribution in [2.75, 3.05) is 6.61 Å². The Morgan fingerprint density at radius 2 is 1.92 bits per heavy atom. The zero-order valence-electron chi connectivity index (χ0n) is 12.8. The van der Waals surface area contributed by atoms with E-state index in [4.69, 9.17) is 27.9 Å². The molecule has 0 saturated carbocycles. The lowest BCUT2D eigenvalue weighted by Crippen LogP contribution is -2.31. The van der Waals surface area contributed by atoms with Crippen LogP contribution in [0, 0.1) is 0 Å². The normalized spacial score (nSPS) is 11.6. The predicted octanol–water partition coefficient (Wildman–Crippen LogP) is 3.73. The number of nitrogens with one attached hydrogen (secondary N) is 1. The molecule has 2 aromatic rings. The summed E-state index contributed by atoms with van der Waals surface area (Å²) >= 11 is 11.8. The molecular formula is C17H15Cl2NO4. The van der Waals surface area contributed by atoms with Crippen LogP contribution >= 0.6 is 23.2 Å². The molecule has 1 atom stereocenters. The fourth-order valence-corrected chi connectivity index (χ4v) is 2.30. The molecule has 2 N–H and O–H groups in total. The van der Waals surface area contributed by atoms with Crippen molar-refractivity contribution < 1.29 is 19.4 Å². The van der Waals surface area contributed by atoms with Crippen molar-refractivity contribution in [3.05, 3.63) is 63.6 Å². The molecule has 0 unspecified atom stereocenters. The summed E-state index contributed by atoms with van der Waals surface area (Å²) in [5, 5.41) is 12.8. The van der Waals surface area contributed by atoms with Crippen LogP contribution in [0.5, 0.6) is 5.75 Å². The molecule has 0 bridgehead atoms. The molecular weight excluding hydrogens is 353 g/mol. The maximum Gasteiger partial charge on any atom is 0.338 e. The van der Waals surface area contributed by atoms with Crippen molar-refractivity contribution in [3.8, 4) is 5.75 Å². The Kier molecular flexibility index (Phi) is 6.06. The molecule has 2 rings (SSSR count). The van der Waals surface area contributed by atoms with E-state index in [-0.39, 0.29) is 17.4 Å². The van der Waals surface area contributed by atoms with Crippen molar-refractivity contribution >= 4 is 35.1 Å². The lowest BCUT2D eigenvalue weighted by atomic mass is 10.1. The van der Waals surface area contributed by atoms with Crippen molar-refractivity contribution in [2.24, 2.45) is 0 Å². The highest BCUT2D eigenvalue weighted by Crippen LogP contribution is 2.25. The van der Waals surface area contributed by atoms with Crippen LogP contribution in [0.2, 0.25) is 10.0 Å². The van der Waals surface area contributed by atoms with Gasteiger partial charge in [0.1, 0.15) is 5.75 Å². The van der Waals surface area contributed by atoms with E-state index >= 15 is 0 Å². The summed E-state index contributed by atoms with van der Waals surface area (Å²) < 4.78 is 4.92. The minimum atomic E-state index is -0.691. The molecule has 7 heteroatoms. The van der Waals surface area contributed by atoms with Gasteiger partial charge in [-0.2, -0.15) is 0 Å². The van der Waals surface area contributed by atoms with Crippen molar-refractivity contribution in [3.63, 3.8) is 0 Å². The quantitative estimate of drug-likeness (QED) is 0.789. The van der Waals surface area contributed by atoms with Gasteiger partial charge in [0.05, 0.1) is 21.7 Å². The van der Waals surface area contributed by atoms with E-state index in [9.17, 15) is 14.7 Å². The summed E-state index contributed by atoms with van der Waals surface area (Å²) in [7, 11) is 0. The van der Waals surface area contributed by atoms with Gasteiger partial charge in [-0.25, -0.2) is 4.79 Å². The van der Waals surface area contributed by atoms with Crippen LogP contribution in [0.1, 0.15) is 28.9 Å². The molecule has 0 fully saturated rings. The number of hydrogen-bond acceptors (Lipinski definition) is 4. The SMILES string of the molecule is C[C@H](NC(=O)COC(=O)c1cccc(O)c1)c1ccc(Cl)c(Cl)c1. The van der Waals surface area contributed by atoms with Crippen LogP contribution in [0.15, 0.2) is 42.5 Å². The van der Waals surface area contributed by atoms with Gasteiger partial charge >= 0.3 is 5.97 Å². The Bertz CT molecular complexity index is 764. The van der Waals surface area contributed by atoms with E-state index in [0.717, 1.165) is 5.56 Å². The minimum Gasteiger partial charge on any atom is -0.508 e. The molecule has 1 amide bonds. The summed E-state index contributed by atoms with van der Waals surface area (Å²) in [5.41, 5.74) is 0.942. The van der Waals surface area contributed by atoms with Gasteiger partial charge in [-0.05, 0) is 42.8 Å². The number of benzene rings is 2. The number of carbonyl (C=O) groups excluding carboxylic acids is 2. The van der Waals surface area contributed by atoms with Gasteiger partial charge in [0.15, 0.2) is 6.61 Å². The van der Waals surface area contributed by atoms with Crippen LogP contribution in [0.4, 0.5) is 0 Å². The van der Waals surface area contributed by atoms with E-state index in [1.165, 1.54) is 24.3 Å². The third-order valence-electron chi connectivity index (χ3n) is 3.24. The minimum absolute atomic E-state index is 0.0536. The Morgan fingerprint density at radius 3 is 2.58 bits per heavy atom. The smallest absolute Gasteiger partial charge is 0.338 e. The van der Waals surface area contributed by atoms with E-state index < -0.39 is 18.5 Å². The maximum atomic E-state index is 11.9. The number of hydrogen-bond donors (Lipinski definition) is 2. The van der Waals surface area contributed by atoms with Crippen LogP contribution < -0.4 is 5.32 Å². The van der Waals surface area contributed by atoms with Crippen LogP contribution in [-0.2, 0) is 9.53 Å². The highest BCUT2D eigenvalue weighted by atomic mass is 35.5. The fourth-order valence-electron chi connectivity index (χ4n) is 2.00. The molecule has 5 nitrogen and oxygen atoms in total. The van der Waals surface area contributed by atoms with Crippen molar-refractivity contribution in [2.45, 2.75) is 13.0 Å². The van der Waals surface area contributed by atoms with E-state index in [2.05, 4.69) is 5.32 Å². The third kappa shape index (κ3) is 4.88. The van der Waals surface area contributed by atoms with Gasteiger partial charge in [-0.3, -0.25) is 4.79 Å². The molecule has 0 spiro atoms. The number of phenols is 1. The molecule has 0 heterocycles. The monoisotopic (exact) mass is 367 g/mol. The van der Waals surface area contributed by atoms with Crippen LogP contribution in [0.25, 0.3) is 0 Å². The van der Waals surface area contributed by atoms with Crippen LogP contribution in [-0.4, -0.2) is 23.6 Å². The zero-order valence-corrected chi connectivity index (χ0v) is 14.3. The Labute approximate surface area is 149 Å². The standard InChI is InChI=1S/C17H15Cl2NO4/c1-10(11-5-6-14(18)15(19)8-11)20-16(22)9-24-17(23)12-3-2-4-13(21)7-12/h2-8,10,21H,9H2,1H3,(H,20,22)/t10-/m0/s1. The lowest BCUT2D eigenvalue weighted by Gasteiger charge is -2.15. The zero-order chi connectivity index (χ0) is 17.7. The first-order valence-electron chi connectivity index (χ1n) is 7.07. The summed E-state index contributed by atoms with van der Waals surface area (Å²) in [5.74, 6) is -1.20. The van der Waals surface area contributed by atoms with E-state index in [1.807, 2.05) is 0 Å². The largest absolute Gasteiger partial charge is 0.508 e. The summed E-state index contributed by atoms with van der Waals surface area (Å²) in [6, 6.07) is 10.4. The first-order valence-corrected chi connectivity index (χ1v) is 7.83. The number of amides is 1.